The summed E-state index contributed by atoms with van der Waals surface area (Å²) in [4.78, 5) is 9.59. The molecule has 0 saturated carbocycles. The van der Waals surface area contributed by atoms with E-state index in [2.05, 4.69) is 71.4 Å². The van der Waals surface area contributed by atoms with Gasteiger partial charge >= 0.3 is 0 Å². The van der Waals surface area contributed by atoms with Gasteiger partial charge in [0.05, 0.1) is 5.69 Å². The molecule has 1 aliphatic heterocycles. The van der Waals surface area contributed by atoms with E-state index in [0.29, 0.717) is 18.5 Å². The summed E-state index contributed by atoms with van der Waals surface area (Å²) in [6.07, 6.45) is 2.17. The molecule has 1 unspecified atom stereocenters. The Morgan fingerprint density at radius 1 is 1.18 bits per heavy atom. The van der Waals surface area contributed by atoms with E-state index in [9.17, 15) is 0 Å². The Morgan fingerprint density at radius 3 is 2.46 bits per heavy atom. The van der Waals surface area contributed by atoms with Crippen molar-refractivity contribution in [2.45, 2.75) is 59.0 Å². The predicted octanol–water partition coefficient (Wildman–Crippen LogP) is 2.89. The third kappa shape index (κ3) is 7.87. The molecule has 0 radical (unpaired) electrons. The van der Waals surface area contributed by atoms with E-state index in [1.807, 2.05) is 0 Å². The molecule has 162 valence electrons. The minimum atomic E-state index is 0. The SMILES string of the molecule is CCNC(=NCc1cc(C(CC)CC)no1)NCC(C)N1CCN(C)CC1.I. The van der Waals surface area contributed by atoms with Crippen LogP contribution in [0.3, 0.4) is 0 Å². The number of likely N-dealkylation sites (N-methyl/N-ethyl adjacent to an activating group) is 1. The number of halogens is 1. The van der Waals surface area contributed by atoms with Crippen molar-refractivity contribution in [3.8, 4) is 0 Å². The van der Waals surface area contributed by atoms with E-state index in [1.54, 1.807) is 0 Å². The minimum absolute atomic E-state index is 0. The number of aliphatic imine (C=N–C) groups is 1. The highest BCUT2D eigenvalue weighted by Crippen LogP contribution is 2.22. The molecule has 28 heavy (non-hydrogen) atoms. The van der Waals surface area contributed by atoms with E-state index >= 15 is 0 Å². The molecular formula is C20H39IN6O. The van der Waals surface area contributed by atoms with Crippen LogP contribution < -0.4 is 10.6 Å². The van der Waals surface area contributed by atoms with Crippen LogP contribution in [0, 0.1) is 0 Å². The Bertz CT molecular complexity index is 567. The number of hydrogen-bond donors (Lipinski definition) is 2. The molecule has 7 nitrogen and oxygen atoms in total. The van der Waals surface area contributed by atoms with Crippen LogP contribution in [0.15, 0.2) is 15.6 Å². The normalized spacial score (nSPS) is 17.4. The molecule has 1 aromatic rings. The van der Waals surface area contributed by atoms with Crippen molar-refractivity contribution in [3.63, 3.8) is 0 Å². The van der Waals surface area contributed by atoms with Crippen molar-refractivity contribution in [1.82, 2.24) is 25.6 Å². The lowest BCUT2D eigenvalue weighted by molar-refractivity contribution is 0.120. The monoisotopic (exact) mass is 506 g/mol. The van der Waals surface area contributed by atoms with Crippen LogP contribution in [-0.2, 0) is 6.54 Å². The van der Waals surface area contributed by atoms with Crippen LogP contribution in [0.4, 0.5) is 0 Å². The van der Waals surface area contributed by atoms with Gasteiger partial charge in [-0.15, -0.1) is 24.0 Å². The fourth-order valence-corrected chi connectivity index (χ4v) is 3.44. The van der Waals surface area contributed by atoms with Gasteiger partial charge in [-0.05, 0) is 33.7 Å². The summed E-state index contributed by atoms with van der Waals surface area (Å²) in [7, 11) is 2.19. The van der Waals surface area contributed by atoms with Crippen molar-refractivity contribution < 1.29 is 4.52 Å². The predicted molar refractivity (Wildman–Crippen MR) is 127 cm³/mol. The van der Waals surface area contributed by atoms with Gasteiger partial charge < -0.3 is 20.1 Å². The second-order valence-corrected chi connectivity index (χ2v) is 7.50. The number of nitrogens with one attached hydrogen (secondary N) is 2. The maximum atomic E-state index is 5.48. The molecule has 0 aromatic carbocycles. The summed E-state index contributed by atoms with van der Waals surface area (Å²) in [5.41, 5.74) is 1.05. The molecule has 1 fully saturated rings. The largest absolute Gasteiger partial charge is 0.359 e. The number of guanidine groups is 1. The van der Waals surface area contributed by atoms with Crippen LogP contribution >= 0.6 is 24.0 Å². The van der Waals surface area contributed by atoms with Gasteiger partial charge in [0.1, 0.15) is 6.54 Å². The average Bonchev–Trinajstić information content (AvgIpc) is 3.14. The standard InChI is InChI=1S/C20H38N6O.HI/c1-6-17(7-2)19-13-18(27-24-19)15-23-20(21-8-3)22-14-16(4)26-11-9-25(5)10-12-26;/h13,16-17H,6-12,14-15H2,1-5H3,(H2,21,22,23);1H. The molecule has 2 N–H and O–H groups in total. The van der Waals surface area contributed by atoms with Crippen molar-refractivity contribution in [2.75, 3.05) is 46.3 Å². The molecule has 0 bridgehead atoms. The van der Waals surface area contributed by atoms with Gasteiger partial charge in [-0.25, -0.2) is 4.99 Å². The summed E-state index contributed by atoms with van der Waals surface area (Å²) in [6, 6.07) is 2.53. The van der Waals surface area contributed by atoms with Crippen LogP contribution in [0.5, 0.6) is 0 Å². The number of rotatable bonds is 9. The molecular weight excluding hydrogens is 467 g/mol. The zero-order chi connectivity index (χ0) is 19.6. The fourth-order valence-electron chi connectivity index (χ4n) is 3.44. The molecule has 2 heterocycles. The molecule has 1 aromatic heterocycles. The van der Waals surface area contributed by atoms with Gasteiger partial charge in [-0.2, -0.15) is 0 Å². The van der Waals surface area contributed by atoms with Gasteiger partial charge in [0, 0.05) is 57.3 Å². The van der Waals surface area contributed by atoms with E-state index in [1.165, 1.54) is 0 Å². The first-order chi connectivity index (χ1) is 13.1. The lowest BCUT2D eigenvalue weighted by Gasteiger charge is -2.36. The summed E-state index contributed by atoms with van der Waals surface area (Å²) >= 11 is 0. The Kier molecular flexibility index (Phi) is 12.0. The maximum absolute atomic E-state index is 5.48. The first kappa shape index (κ1) is 25.2. The number of aromatic nitrogens is 1. The smallest absolute Gasteiger partial charge is 0.191 e. The van der Waals surface area contributed by atoms with Gasteiger partial charge in [0.2, 0.25) is 0 Å². The summed E-state index contributed by atoms with van der Waals surface area (Å²) in [5, 5.41) is 11.0. The van der Waals surface area contributed by atoms with Crippen molar-refractivity contribution >= 4 is 29.9 Å². The van der Waals surface area contributed by atoms with Crippen molar-refractivity contribution in [2.24, 2.45) is 4.99 Å². The Balaban J connectivity index is 0.00000392. The molecule has 0 amide bonds. The van der Waals surface area contributed by atoms with Crippen LogP contribution in [-0.4, -0.2) is 73.3 Å². The topological polar surface area (TPSA) is 68.9 Å². The van der Waals surface area contributed by atoms with E-state index in [4.69, 9.17) is 4.52 Å². The minimum Gasteiger partial charge on any atom is -0.359 e. The highest BCUT2D eigenvalue weighted by Gasteiger charge is 2.19. The molecule has 8 heteroatoms. The number of hydrogen-bond acceptors (Lipinski definition) is 5. The summed E-state index contributed by atoms with van der Waals surface area (Å²) < 4.78 is 5.48. The number of piperazine rings is 1. The maximum Gasteiger partial charge on any atom is 0.191 e. The lowest BCUT2D eigenvalue weighted by Crippen LogP contribution is -2.52. The Morgan fingerprint density at radius 2 is 1.86 bits per heavy atom. The third-order valence-corrected chi connectivity index (χ3v) is 5.44. The second-order valence-electron chi connectivity index (χ2n) is 7.50. The van der Waals surface area contributed by atoms with E-state index in [-0.39, 0.29) is 24.0 Å². The van der Waals surface area contributed by atoms with Crippen molar-refractivity contribution in [3.05, 3.63) is 17.5 Å². The van der Waals surface area contributed by atoms with Crippen molar-refractivity contribution in [1.29, 1.82) is 0 Å². The molecule has 1 atom stereocenters. The molecule has 0 aliphatic carbocycles. The third-order valence-electron chi connectivity index (χ3n) is 5.44. The van der Waals surface area contributed by atoms with E-state index in [0.717, 1.165) is 69.5 Å². The van der Waals surface area contributed by atoms with Gasteiger partial charge in [-0.3, -0.25) is 4.90 Å². The fraction of sp³-hybridized carbons (Fsp3) is 0.800. The highest BCUT2D eigenvalue weighted by molar-refractivity contribution is 14.0. The van der Waals surface area contributed by atoms with E-state index < -0.39 is 0 Å². The van der Waals surface area contributed by atoms with Crippen LogP contribution in [0.2, 0.25) is 0 Å². The lowest BCUT2D eigenvalue weighted by atomic mass is 9.99. The Hall–Kier alpha value is -0.870. The quantitative estimate of drug-likeness (QED) is 0.305. The van der Waals surface area contributed by atoms with Crippen LogP contribution in [0.1, 0.15) is 57.9 Å². The summed E-state index contributed by atoms with van der Waals surface area (Å²) in [6.45, 7) is 15.5. The first-order valence-corrected chi connectivity index (χ1v) is 10.5. The highest BCUT2D eigenvalue weighted by atomic mass is 127. The average molecular weight is 506 g/mol. The summed E-state index contributed by atoms with van der Waals surface area (Å²) in [5.74, 6) is 2.13. The zero-order valence-electron chi connectivity index (χ0n) is 18.2. The molecule has 1 aliphatic rings. The van der Waals surface area contributed by atoms with Gasteiger partial charge in [-0.1, -0.05) is 19.0 Å². The second kappa shape index (κ2) is 13.4. The van der Waals surface area contributed by atoms with Crippen LogP contribution in [0.25, 0.3) is 0 Å². The van der Waals surface area contributed by atoms with Gasteiger partial charge in [0.25, 0.3) is 0 Å². The van der Waals surface area contributed by atoms with Gasteiger partial charge in [0.15, 0.2) is 11.7 Å². The zero-order valence-corrected chi connectivity index (χ0v) is 20.5. The first-order valence-electron chi connectivity index (χ1n) is 10.5. The molecule has 1 saturated heterocycles. The molecule has 2 rings (SSSR count). The number of nitrogens with zero attached hydrogens (tertiary/aromatic N) is 4. The molecule has 0 spiro atoms. The Labute approximate surface area is 187 Å².